The molecule has 2 aliphatic rings. The summed E-state index contributed by atoms with van der Waals surface area (Å²) in [7, 11) is 0. The van der Waals surface area contributed by atoms with Crippen molar-refractivity contribution < 1.29 is 8.78 Å². The minimum absolute atomic E-state index is 0.161. The second-order valence-electron chi connectivity index (χ2n) is 12.4. The minimum atomic E-state index is -0.277. The highest BCUT2D eigenvalue weighted by atomic mass is 32.1. The van der Waals surface area contributed by atoms with Gasteiger partial charge in [0.15, 0.2) is 0 Å². The lowest BCUT2D eigenvalue weighted by Crippen LogP contribution is -2.61. The van der Waals surface area contributed by atoms with Gasteiger partial charge in [-0.15, -0.1) is 22.7 Å². The van der Waals surface area contributed by atoms with Crippen molar-refractivity contribution in [1.29, 1.82) is 0 Å². The number of rotatable bonds is 2. The van der Waals surface area contributed by atoms with Gasteiger partial charge in [0.1, 0.15) is 11.6 Å². The number of benzene rings is 6. The number of anilines is 6. The Morgan fingerprint density at radius 3 is 2.02 bits per heavy atom. The molecule has 224 valence electrons. The van der Waals surface area contributed by atoms with E-state index in [0.29, 0.717) is 11.4 Å². The van der Waals surface area contributed by atoms with E-state index in [9.17, 15) is 0 Å². The zero-order valence-corrected chi connectivity index (χ0v) is 27.1. The predicted molar refractivity (Wildman–Crippen MR) is 198 cm³/mol. The zero-order chi connectivity index (χ0) is 31.6. The molecule has 0 fully saturated rings. The largest absolute Gasteiger partial charge is 0.308 e. The number of para-hydroxylation sites is 2. The molecule has 2 nitrogen and oxygen atoms in total. The first kappa shape index (κ1) is 27.2. The van der Waals surface area contributed by atoms with Crippen LogP contribution in [0.15, 0.2) is 115 Å². The number of halogens is 2. The molecule has 6 aromatic carbocycles. The van der Waals surface area contributed by atoms with Gasteiger partial charge in [-0.1, -0.05) is 60.7 Å². The summed E-state index contributed by atoms with van der Waals surface area (Å²) in [5, 5.41) is 5.64. The first-order chi connectivity index (χ1) is 23.0. The van der Waals surface area contributed by atoms with Crippen molar-refractivity contribution in [2.24, 2.45) is 0 Å². The number of aryl methyl sites for hydroxylation is 2. The van der Waals surface area contributed by atoms with Crippen LogP contribution in [0.1, 0.15) is 11.1 Å². The summed E-state index contributed by atoms with van der Waals surface area (Å²) in [6, 6.07) is 36.3. The summed E-state index contributed by atoms with van der Waals surface area (Å²) in [6.07, 6.45) is 0. The Labute approximate surface area is 278 Å². The number of hydrogen-bond donors (Lipinski definition) is 0. The molecule has 0 spiro atoms. The quantitative estimate of drug-likeness (QED) is 0.173. The topological polar surface area (TPSA) is 6.48 Å². The van der Waals surface area contributed by atoms with E-state index in [1.54, 1.807) is 46.9 Å². The molecule has 0 saturated carbocycles. The molecule has 0 saturated heterocycles. The highest BCUT2D eigenvalue weighted by Crippen LogP contribution is 2.50. The monoisotopic (exact) mass is 646 g/mol. The standard InChI is InChI=1S/C40H25BF2N2S2/c1-22-8-5-11-27(42)37(22)44-29-13-7-14-30-35(29)41(36-31(44)18-19-33-34(36)25-10-3-4-15-32(25)47-33)26-17-16-24-20-21-46-40(24)39(26)45(30)38-23(2)9-6-12-28(38)43/h3-21H,1-2H3. The van der Waals surface area contributed by atoms with E-state index in [4.69, 9.17) is 0 Å². The molecule has 8 aromatic rings. The van der Waals surface area contributed by atoms with Crippen LogP contribution in [0.5, 0.6) is 0 Å². The van der Waals surface area contributed by atoms with E-state index < -0.39 is 0 Å². The molecule has 0 bridgehead atoms. The highest BCUT2D eigenvalue weighted by Gasteiger charge is 2.46. The lowest BCUT2D eigenvalue weighted by atomic mass is 9.33. The van der Waals surface area contributed by atoms with Crippen LogP contribution in [0.3, 0.4) is 0 Å². The lowest BCUT2D eigenvalue weighted by molar-refractivity contribution is 0.627. The third-order valence-electron chi connectivity index (χ3n) is 9.91. The van der Waals surface area contributed by atoms with Gasteiger partial charge in [-0.2, -0.15) is 0 Å². The number of fused-ring (bicyclic) bond motifs is 10. The van der Waals surface area contributed by atoms with Gasteiger partial charge >= 0.3 is 0 Å². The molecular formula is C40H25BF2N2S2. The molecule has 0 aliphatic carbocycles. The first-order valence-corrected chi connectivity index (χ1v) is 17.4. The van der Waals surface area contributed by atoms with Crippen LogP contribution < -0.4 is 26.2 Å². The normalized spacial score (nSPS) is 13.4. The molecule has 47 heavy (non-hydrogen) atoms. The van der Waals surface area contributed by atoms with Gasteiger partial charge in [-0.3, -0.25) is 0 Å². The van der Waals surface area contributed by atoms with Gasteiger partial charge in [0.05, 0.1) is 21.8 Å². The SMILES string of the molecule is Cc1cccc(F)c1N1c2cccc3c2B(c2ccc4ccsc4c2N3c2c(C)cccc2F)c2c1ccc1sc3ccccc3c21. The summed E-state index contributed by atoms with van der Waals surface area (Å²) in [6.45, 7) is 3.78. The van der Waals surface area contributed by atoms with Crippen LogP contribution in [0.2, 0.25) is 0 Å². The van der Waals surface area contributed by atoms with E-state index in [2.05, 4.69) is 81.9 Å². The van der Waals surface area contributed by atoms with E-state index in [1.165, 1.54) is 20.2 Å². The summed E-state index contributed by atoms with van der Waals surface area (Å²) in [5.41, 5.74) is 9.91. The number of nitrogens with zero attached hydrogens (tertiary/aromatic N) is 2. The van der Waals surface area contributed by atoms with Crippen LogP contribution in [-0.4, -0.2) is 6.71 Å². The fourth-order valence-corrected chi connectivity index (χ4v) is 10.1. The van der Waals surface area contributed by atoms with Crippen molar-refractivity contribution in [3.05, 3.63) is 137 Å². The Morgan fingerprint density at radius 1 is 0.574 bits per heavy atom. The summed E-state index contributed by atoms with van der Waals surface area (Å²) < 4.78 is 35.9. The van der Waals surface area contributed by atoms with E-state index in [-0.39, 0.29) is 18.3 Å². The van der Waals surface area contributed by atoms with Crippen LogP contribution in [0.25, 0.3) is 30.3 Å². The summed E-state index contributed by atoms with van der Waals surface area (Å²) in [5.74, 6) is -0.551. The van der Waals surface area contributed by atoms with Crippen molar-refractivity contribution in [3.63, 3.8) is 0 Å². The highest BCUT2D eigenvalue weighted by molar-refractivity contribution is 7.26. The molecule has 4 heterocycles. The van der Waals surface area contributed by atoms with Crippen molar-refractivity contribution >= 4 is 110 Å². The smallest absolute Gasteiger partial charge is 0.253 e. The molecule has 10 rings (SSSR count). The van der Waals surface area contributed by atoms with E-state index in [1.807, 2.05) is 32.0 Å². The molecular weight excluding hydrogens is 621 g/mol. The van der Waals surface area contributed by atoms with Crippen LogP contribution in [0.4, 0.5) is 42.9 Å². The third-order valence-corrected chi connectivity index (χ3v) is 12.0. The third kappa shape index (κ3) is 3.58. The van der Waals surface area contributed by atoms with Crippen molar-refractivity contribution in [2.45, 2.75) is 13.8 Å². The Bertz CT molecular complexity index is 2580. The average Bonchev–Trinajstić information content (AvgIpc) is 3.71. The van der Waals surface area contributed by atoms with Gasteiger partial charge < -0.3 is 9.80 Å². The van der Waals surface area contributed by atoms with Crippen LogP contribution >= 0.6 is 22.7 Å². The first-order valence-electron chi connectivity index (χ1n) is 15.7. The maximum absolute atomic E-state index is 16.2. The Morgan fingerprint density at radius 2 is 1.26 bits per heavy atom. The van der Waals surface area contributed by atoms with Crippen molar-refractivity contribution in [2.75, 3.05) is 9.80 Å². The number of hydrogen-bond acceptors (Lipinski definition) is 4. The maximum atomic E-state index is 16.2. The molecule has 0 N–H and O–H groups in total. The van der Waals surface area contributed by atoms with Crippen LogP contribution in [0, 0.1) is 25.5 Å². The van der Waals surface area contributed by atoms with Gasteiger partial charge in [-0.25, -0.2) is 8.78 Å². The fraction of sp³-hybridized carbons (Fsp3) is 0.0500. The maximum Gasteiger partial charge on any atom is 0.253 e. The predicted octanol–water partition coefficient (Wildman–Crippen LogP) is 10.2. The van der Waals surface area contributed by atoms with Gasteiger partial charge in [0.2, 0.25) is 0 Å². The van der Waals surface area contributed by atoms with E-state index >= 15 is 8.78 Å². The lowest BCUT2D eigenvalue weighted by Gasteiger charge is -2.45. The van der Waals surface area contributed by atoms with Crippen LogP contribution in [-0.2, 0) is 0 Å². The van der Waals surface area contributed by atoms with E-state index in [0.717, 1.165) is 60.4 Å². The van der Waals surface area contributed by atoms with Gasteiger partial charge in [0.25, 0.3) is 6.71 Å². The Hall–Kier alpha value is -4.98. The van der Waals surface area contributed by atoms with Crippen molar-refractivity contribution in [3.8, 4) is 0 Å². The average molecular weight is 647 g/mol. The summed E-state index contributed by atoms with van der Waals surface area (Å²) in [4.78, 5) is 4.25. The molecule has 0 unspecified atom stereocenters. The zero-order valence-electron chi connectivity index (χ0n) is 25.5. The summed E-state index contributed by atoms with van der Waals surface area (Å²) >= 11 is 3.48. The van der Waals surface area contributed by atoms with Crippen molar-refractivity contribution in [1.82, 2.24) is 0 Å². The molecule has 0 amide bonds. The van der Waals surface area contributed by atoms with Gasteiger partial charge in [0, 0.05) is 26.5 Å². The molecule has 7 heteroatoms. The molecule has 2 aromatic heterocycles. The molecule has 0 atom stereocenters. The number of thiophene rings is 2. The Balaban J connectivity index is 1.42. The fourth-order valence-electron chi connectivity index (χ4n) is 8.03. The molecule has 2 aliphatic heterocycles. The second kappa shape index (κ2) is 9.77. The minimum Gasteiger partial charge on any atom is -0.308 e. The molecule has 0 radical (unpaired) electrons. The second-order valence-corrected chi connectivity index (χ2v) is 14.4. The van der Waals surface area contributed by atoms with Gasteiger partial charge in [-0.05, 0) is 111 Å². The Kier molecular flexibility index (Phi) is 5.65.